The number of aliphatic hydroxyl groups excluding tert-OH is 1. The van der Waals surface area contributed by atoms with Crippen LogP contribution in [0.4, 0.5) is 5.69 Å². The highest BCUT2D eigenvalue weighted by atomic mass is 35.5. The lowest BCUT2D eigenvalue weighted by atomic mass is 9.79. The summed E-state index contributed by atoms with van der Waals surface area (Å²) in [7, 11) is 0. The fourth-order valence-electron chi connectivity index (χ4n) is 4.64. The zero-order valence-corrected chi connectivity index (χ0v) is 20.1. The van der Waals surface area contributed by atoms with E-state index in [1.54, 1.807) is 0 Å². The van der Waals surface area contributed by atoms with Crippen molar-refractivity contribution >= 4 is 36.4 Å². The van der Waals surface area contributed by atoms with Crippen molar-refractivity contribution in [3.63, 3.8) is 0 Å². The van der Waals surface area contributed by atoms with Gasteiger partial charge in [0.2, 0.25) is 5.91 Å². The number of aliphatic hydroxyl groups is 1. The number of amides is 1. The van der Waals surface area contributed by atoms with E-state index in [9.17, 15) is 9.90 Å². The van der Waals surface area contributed by atoms with Crippen molar-refractivity contribution in [1.29, 1.82) is 0 Å². The third kappa shape index (κ3) is 5.94. The van der Waals surface area contributed by atoms with Crippen molar-refractivity contribution in [2.45, 2.75) is 25.0 Å². The Morgan fingerprint density at radius 3 is 2.47 bits per heavy atom. The standard InChI is InChI=1S/C24H32N4O2.2ClH/c1-19-6-5-9-21(16-19)28-14-12-27(13-15-28)18-23(30)26-24(10-11-25-17-22(24)29)20-7-3-2-4-8-20;;/h2-9,16,22,25,29H,10-15,17-18H2,1H3,(H,26,30);2*1H/t22-,24+;;/m1../s1. The van der Waals surface area contributed by atoms with Gasteiger partial charge in [-0.15, -0.1) is 24.8 Å². The van der Waals surface area contributed by atoms with Gasteiger partial charge >= 0.3 is 0 Å². The highest BCUT2D eigenvalue weighted by molar-refractivity contribution is 5.85. The van der Waals surface area contributed by atoms with Crippen molar-refractivity contribution in [2.24, 2.45) is 0 Å². The maximum Gasteiger partial charge on any atom is 0.234 e. The van der Waals surface area contributed by atoms with E-state index in [2.05, 4.69) is 51.6 Å². The molecule has 0 spiro atoms. The van der Waals surface area contributed by atoms with Crippen molar-refractivity contribution in [2.75, 3.05) is 50.7 Å². The largest absolute Gasteiger partial charge is 0.389 e. The molecule has 8 heteroatoms. The summed E-state index contributed by atoms with van der Waals surface area (Å²) in [5.74, 6) is -0.0243. The molecule has 1 amide bonds. The minimum Gasteiger partial charge on any atom is -0.389 e. The fourth-order valence-corrected chi connectivity index (χ4v) is 4.64. The van der Waals surface area contributed by atoms with Crippen molar-refractivity contribution in [1.82, 2.24) is 15.5 Å². The summed E-state index contributed by atoms with van der Waals surface area (Å²) in [6.07, 6.45) is 0.0150. The smallest absolute Gasteiger partial charge is 0.234 e. The number of piperazine rings is 1. The summed E-state index contributed by atoms with van der Waals surface area (Å²) in [5, 5.41) is 17.2. The van der Waals surface area contributed by atoms with E-state index in [0.717, 1.165) is 38.3 Å². The minimum atomic E-state index is -0.729. The Morgan fingerprint density at radius 2 is 1.81 bits per heavy atom. The first-order valence-electron chi connectivity index (χ1n) is 10.9. The molecule has 2 atom stereocenters. The summed E-state index contributed by atoms with van der Waals surface area (Å²) in [6.45, 7) is 7.23. The molecule has 0 aromatic heterocycles. The monoisotopic (exact) mass is 480 g/mol. The van der Waals surface area contributed by atoms with E-state index in [1.807, 2.05) is 30.3 Å². The average molecular weight is 481 g/mol. The van der Waals surface area contributed by atoms with E-state index in [0.29, 0.717) is 19.5 Å². The number of aryl methyl sites for hydroxylation is 1. The zero-order chi connectivity index (χ0) is 21.0. The summed E-state index contributed by atoms with van der Waals surface area (Å²) >= 11 is 0. The molecule has 2 fully saturated rings. The number of β-amino-alcohol motifs (C(OH)–C–C–N with tert-alkyl or cyclic N) is 1. The number of rotatable bonds is 5. The first-order valence-corrected chi connectivity index (χ1v) is 10.9. The van der Waals surface area contributed by atoms with Gasteiger partial charge in [0.1, 0.15) is 0 Å². The van der Waals surface area contributed by atoms with Gasteiger partial charge in [0, 0.05) is 38.4 Å². The highest BCUT2D eigenvalue weighted by Crippen LogP contribution is 2.31. The number of nitrogens with one attached hydrogen (secondary N) is 2. The second kappa shape index (κ2) is 11.9. The van der Waals surface area contributed by atoms with Gasteiger partial charge in [-0.25, -0.2) is 0 Å². The Labute approximate surface area is 203 Å². The van der Waals surface area contributed by atoms with Crippen LogP contribution in [-0.4, -0.2) is 67.8 Å². The number of anilines is 1. The quantitative estimate of drug-likeness (QED) is 0.612. The Bertz CT molecular complexity index is 862. The van der Waals surface area contributed by atoms with Gasteiger partial charge in [-0.05, 0) is 43.1 Å². The number of carbonyl (C=O) groups is 1. The van der Waals surface area contributed by atoms with Crippen molar-refractivity contribution < 1.29 is 9.90 Å². The molecule has 2 aliphatic rings. The van der Waals surface area contributed by atoms with Crippen molar-refractivity contribution in [3.05, 3.63) is 65.7 Å². The van der Waals surface area contributed by atoms with Crippen molar-refractivity contribution in [3.8, 4) is 0 Å². The Balaban J connectivity index is 0.00000181. The number of piperidine rings is 1. The van der Waals surface area contributed by atoms with Gasteiger partial charge in [0.05, 0.1) is 18.2 Å². The molecule has 4 rings (SSSR count). The summed E-state index contributed by atoms with van der Waals surface area (Å²) < 4.78 is 0. The number of halogens is 2. The van der Waals surface area contributed by atoms with E-state index in [1.165, 1.54) is 11.3 Å². The minimum absolute atomic E-state index is 0. The number of carbonyl (C=O) groups excluding carboxylic acids is 1. The van der Waals surface area contributed by atoms with E-state index in [-0.39, 0.29) is 30.7 Å². The van der Waals surface area contributed by atoms with Crippen LogP contribution in [0.15, 0.2) is 54.6 Å². The average Bonchev–Trinajstić information content (AvgIpc) is 2.76. The third-order valence-corrected chi connectivity index (χ3v) is 6.36. The summed E-state index contributed by atoms with van der Waals surface area (Å²) in [5.41, 5.74) is 2.75. The molecular weight excluding hydrogens is 447 g/mol. The van der Waals surface area contributed by atoms with Gasteiger partial charge in [0.15, 0.2) is 0 Å². The molecule has 2 aromatic carbocycles. The molecular formula is C24H34Cl2N4O2. The number of nitrogens with zero attached hydrogens (tertiary/aromatic N) is 2. The zero-order valence-electron chi connectivity index (χ0n) is 18.5. The number of hydrogen-bond donors (Lipinski definition) is 3. The molecule has 0 aliphatic carbocycles. The van der Waals surface area contributed by atoms with Crippen LogP contribution in [-0.2, 0) is 10.3 Å². The van der Waals surface area contributed by atoms with E-state index >= 15 is 0 Å². The molecule has 0 unspecified atom stereocenters. The lowest BCUT2D eigenvalue weighted by Gasteiger charge is -2.43. The third-order valence-electron chi connectivity index (χ3n) is 6.36. The van der Waals surface area contributed by atoms with Crippen LogP contribution in [0.25, 0.3) is 0 Å². The molecule has 0 saturated carbocycles. The van der Waals surface area contributed by atoms with Gasteiger partial charge in [0.25, 0.3) is 0 Å². The van der Waals surface area contributed by atoms with E-state index < -0.39 is 11.6 Å². The predicted octanol–water partition coefficient (Wildman–Crippen LogP) is 2.33. The number of benzene rings is 2. The molecule has 0 radical (unpaired) electrons. The molecule has 2 aliphatic heterocycles. The van der Waals surface area contributed by atoms with Crippen LogP contribution >= 0.6 is 24.8 Å². The van der Waals surface area contributed by atoms with Crippen LogP contribution in [0.2, 0.25) is 0 Å². The lowest BCUT2D eigenvalue weighted by Crippen LogP contribution is -2.62. The van der Waals surface area contributed by atoms with Gasteiger partial charge in [-0.3, -0.25) is 9.69 Å². The van der Waals surface area contributed by atoms with Gasteiger partial charge in [-0.1, -0.05) is 42.5 Å². The molecule has 0 bridgehead atoms. The SMILES string of the molecule is Cc1cccc(N2CCN(CC(=O)N[C@]3(c4ccccc4)CCNC[C@H]3O)CC2)c1.Cl.Cl. The number of hydrogen-bond acceptors (Lipinski definition) is 5. The molecule has 2 saturated heterocycles. The first-order chi connectivity index (χ1) is 14.6. The normalized spacial score (nSPS) is 23.6. The van der Waals surface area contributed by atoms with Crippen LogP contribution in [0.5, 0.6) is 0 Å². The molecule has 3 N–H and O–H groups in total. The lowest BCUT2D eigenvalue weighted by molar-refractivity contribution is -0.127. The summed E-state index contributed by atoms with van der Waals surface area (Å²) in [6, 6.07) is 18.4. The molecule has 6 nitrogen and oxygen atoms in total. The second-order valence-corrected chi connectivity index (χ2v) is 8.46. The topological polar surface area (TPSA) is 67.8 Å². The van der Waals surface area contributed by atoms with Crippen LogP contribution in [0, 0.1) is 6.92 Å². The van der Waals surface area contributed by atoms with Crippen LogP contribution < -0.4 is 15.5 Å². The molecule has 2 heterocycles. The van der Waals surface area contributed by atoms with Gasteiger partial charge < -0.3 is 20.6 Å². The molecule has 176 valence electrons. The maximum absolute atomic E-state index is 13.0. The molecule has 32 heavy (non-hydrogen) atoms. The summed E-state index contributed by atoms with van der Waals surface area (Å²) in [4.78, 5) is 17.6. The Kier molecular flexibility index (Phi) is 9.80. The Morgan fingerprint density at radius 1 is 1.09 bits per heavy atom. The maximum atomic E-state index is 13.0. The van der Waals surface area contributed by atoms with Crippen LogP contribution in [0.3, 0.4) is 0 Å². The first kappa shape index (κ1) is 26.4. The van der Waals surface area contributed by atoms with Gasteiger partial charge in [-0.2, -0.15) is 0 Å². The Hall–Kier alpha value is -1.83. The van der Waals surface area contributed by atoms with Crippen LogP contribution in [0.1, 0.15) is 17.5 Å². The fraction of sp³-hybridized carbons (Fsp3) is 0.458. The predicted molar refractivity (Wildman–Crippen MR) is 134 cm³/mol. The molecule has 2 aromatic rings. The highest BCUT2D eigenvalue weighted by Gasteiger charge is 2.42. The van der Waals surface area contributed by atoms with E-state index in [4.69, 9.17) is 0 Å². The second-order valence-electron chi connectivity index (χ2n) is 8.46.